The molecule has 18 heteroatoms. The van der Waals surface area contributed by atoms with Crippen LogP contribution in [-0.4, -0.2) is 101 Å². The summed E-state index contributed by atoms with van der Waals surface area (Å²) in [5.74, 6) is -1.01. The number of carbonyl (C=O) groups excluding carboxylic acids is 1. The number of rotatable bonds is 4. The van der Waals surface area contributed by atoms with E-state index in [2.05, 4.69) is 20.0 Å². The largest absolute Gasteiger partial charge is 0.467 e. The van der Waals surface area contributed by atoms with Gasteiger partial charge in [0.15, 0.2) is 11.5 Å². The van der Waals surface area contributed by atoms with E-state index in [1.54, 1.807) is 9.58 Å². The van der Waals surface area contributed by atoms with Gasteiger partial charge in [-0.25, -0.2) is 8.78 Å². The SMILES string of the molecule is COc1nc2c(c(N3CCCn4nc(C(=O)N5CCOCC5)c(Cl)c4C3)n1)COC(c1c(C(F)(F)F)ccc(N)c1F)C2.FC1CC2CCCN2C1. The van der Waals surface area contributed by atoms with Gasteiger partial charge in [0.25, 0.3) is 5.91 Å². The van der Waals surface area contributed by atoms with Crippen molar-refractivity contribution in [1.29, 1.82) is 0 Å². The molecule has 2 aromatic heterocycles. The molecule has 3 aromatic rings. The van der Waals surface area contributed by atoms with Crippen LogP contribution < -0.4 is 15.4 Å². The summed E-state index contributed by atoms with van der Waals surface area (Å²) >= 11 is 6.74. The zero-order chi connectivity index (χ0) is 36.7. The van der Waals surface area contributed by atoms with E-state index in [1.165, 1.54) is 20.0 Å². The van der Waals surface area contributed by atoms with E-state index in [4.69, 9.17) is 31.5 Å². The van der Waals surface area contributed by atoms with Crippen molar-refractivity contribution in [3.05, 3.63) is 56.7 Å². The van der Waals surface area contributed by atoms with Crippen molar-refractivity contribution in [1.82, 2.24) is 29.5 Å². The van der Waals surface area contributed by atoms with Crippen molar-refractivity contribution in [3.63, 3.8) is 0 Å². The Morgan fingerprint density at radius 3 is 2.62 bits per heavy atom. The second-order valence-corrected chi connectivity index (χ2v) is 13.9. The van der Waals surface area contributed by atoms with Crippen molar-refractivity contribution in [3.8, 4) is 6.01 Å². The van der Waals surface area contributed by atoms with E-state index >= 15 is 4.39 Å². The van der Waals surface area contributed by atoms with Gasteiger partial charge in [0.1, 0.15) is 12.0 Å². The number of halogens is 6. The fourth-order valence-corrected chi connectivity index (χ4v) is 7.96. The number of amides is 1. The van der Waals surface area contributed by atoms with Crippen molar-refractivity contribution in [2.24, 2.45) is 0 Å². The summed E-state index contributed by atoms with van der Waals surface area (Å²) in [5, 5.41) is 4.77. The van der Waals surface area contributed by atoms with Crippen LogP contribution in [0.5, 0.6) is 6.01 Å². The maximum absolute atomic E-state index is 15.0. The van der Waals surface area contributed by atoms with E-state index in [-0.39, 0.29) is 42.2 Å². The van der Waals surface area contributed by atoms with Crippen LogP contribution in [0.1, 0.15) is 70.4 Å². The highest BCUT2D eigenvalue weighted by Gasteiger charge is 2.40. The molecule has 3 atom stereocenters. The highest BCUT2D eigenvalue weighted by molar-refractivity contribution is 6.34. The summed E-state index contributed by atoms with van der Waals surface area (Å²) < 4.78 is 87.4. The number of carbonyl (C=O) groups is 1. The quantitative estimate of drug-likeness (QED) is 0.289. The first-order valence-corrected chi connectivity index (χ1v) is 17.8. The van der Waals surface area contributed by atoms with Crippen LogP contribution in [-0.2, 0) is 41.8 Å². The molecular formula is C34H40ClF5N8O4. The molecule has 12 nitrogen and oxygen atoms in total. The molecule has 0 bridgehead atoms. The van der Waals surface area contributed by atoms with Gasteiger partial charge in [-0.15, -0.1) is 0 Å². The first-order valence-electron chi connectivity index (χ1n) is 17.4. The molecule has 0 spiro atoms. The van der Waals surface area contributed by atoms with Crippen molar-refractivity contribution in [2.45, 2.75) is 76.3 Å². The average molecular weight is 755 g/mol. The molecule has 3 unspecified atom stereocenters. The van der Waals surface area contributed by atoms with Gasteiger partial charge in [0.05, 0.1) is 67.2 Å². The lowest BCUT2D eigenvalue weighted by molar-refractivity contribution is -0.140. The van der Waals surface area contributed by atoms with Crippen LogP contribution in [0.2, 0.25) is 5.02 Å². The van der Waals surface area contributed by atoms with Crippen LogP contribution >= 0.6 is 11.6 Å². The zero-order valence-electron chi connectivity index (χ0n) is 28.6. The molecule has 7 heterocycles. The van der Waals surface area contributed by atoms with Gasteiger partial charge in [0.2, 0.25) is 0 Å². The number of hydrogen-bond acceptors (Lipinski definition) is 10. The molecular weight excluding hydrogens is 715 g/mol. The molecule has 1 aromatic carbocycles. The first kappa shape index (κ1) is 36.6. The van der Waals surface area contributed by atoms with Crippen LogP contribution in [0.15, 0.2) is 12.1 Å². The summed E-state index contributed by atoms with van der Waals surface area (Å²) in [6.07, 6.45) is -2.85. The fourth-order valence-electron chi connectivity index (χ4n) is 7.68. The third kappa shape index (κ3) is 7.24. The summed E-state index contributed by atoms with van der Waals surface area (Å²) in [7, 11) is 1.37. The van der Waals surface area contributed by atoms with E-state index in [9.17, 15) is 22.4 Å². The number of nitrogens with two attached hydrogens (primary N) is 1. The van der Waals surface area contributed by atoms with Crippen molar-refractivity contribution < 1.29 is 41.0 Å². The minimum absolute atomic E-state index is 0.00877. The van der Waals surface area contributed by atoms with Crippen LogP contribution in [0.4, 0.5) is 33.5 Å². The van der Waals surface area contributed by atoms with E-state index in [0.717, 1.165) is 25.1 Å². The van der Waals surface area contributed by atoms with Crippen LogP contribution in [0.25, 0.3) is 0 Å². The third-order valence-corrected chi connectivity index (χ3v) is 10.7. The maximum atomic E-state index is 15.0. The molecule has 5 aliphatic heterocycles. The summed E-state index contributed by atoms with van der Waals surface area (Å²) in [6.45, 7) is 4.70. The number of aromatic nitrogens is 4. The highest BCUT2D eigenvalue weighted by atomic mass is 35.5. The summed E-state index contributed by atoms with van der Waals surface area (Å²) in [5.41, 5.74) is 5.07. The zero-order valence-corrected chi connectivity index (χ0v) is 29.4. The Hall–Kier alpha value is -3.80. The minimum atomic E-state index is -4.82. The number of ether oxygens (including phenoxy) is 3. The van der Waals surface area contributed by atoms with Crippen molar-refractivity contribution in [2.75, 3.05) is 63.7 Å². The molecule has 3 saturated heterocycles. The predicted molar refractivity (Wildman–Crippen MR) is 179 cm³/mol. The Kier molecular flexibility index (Phi) is 10.5. The number of anilines is 2. The number of nitrogen functional groups attached to an aromatic ring is 1. The predicted octanol–water partition coefficient (Wildman–Crippen LogP) is 4.96. The fraction of sp³-hybridized carbons (Fsp3) is 0.588. The molecule has 1 amide bonds. The van der Waals surface area contributed by atoms with Gasteiger partial charge in [-0.3, -0.25) is 14.4 Å². The number of alkyl halides is 4. The number of methoxy groups -OCH3 is 1. The standard InChI is InChI=1S/C27H28ClF4N7O4.C7H12FN/c1-41-26-34-17-11-19(20-15(27(30,31)32)3-4-16(33)22(20)29)43-13-14(17)24(35-26)38-5-2-6-39-18(12-38)21(28)23(36-39)25(40)37-7-9-42-10-8-37;8-6-4-7-2-1-3-9(7)5-6/h3-4,19H,2,5-13,33H2,1H3;6-7H,1-5H2. The normalized spacial score (nSPS) is 23.3. The second kappa shape index (κ2) is 14.9. The Labute approximate surface area is 301 Å². The molecule has 0 aliphatic carbocycles. The van der Waals surface area contributed by atoms with Gasteiger partial charge >= 0.3 is 12.2 Å². The number of hydrogen-bond donors (Lipinski definition) is 1. The number of aryl methyl sites for hydroxylation is 1. The summed E-state index contributed by atoms with van der Waals surface area (Å²) in [6, 6.07) is 2.24. The van der Waals surface area contributed by atoms with Crippen molar-refractivity contribution >= 4 is 29.0 Å². The molecule has 5 aliphatic rings. The Bertz CT molecular complexity index is 1790. The minimum Gasteiger partial charge on any atom is -0.467 e. The summed E-state index contributed by atoms with van der Waals surface area (Å²) in [4.78, 5) is 28.0. The molecule has 3 fully saturated rings. The van der Waals surface area contributed by atoms with Crippen LogP contribution in [0.3, 0.4) is 0 Å². The second-order valence-electron chi connectivity index (χ2n) is 13.5. The number of benzene rings is 1. The van der Waals surface area contributed by atoms with Gasteiger partial charge in [-0.1, -0.05) is 11.6 Å². The van der Waals surface area contributed by atoms with Gasteiger partial charge in [-0.05, 0) is 44.4 Å². The van der Waals surface area contributed by atoms with E-state index < -0.39 is 41.1 Å². The smallest absolute Gasteiger partial charge is 0.416 e. The van der Waals surface area contributed by atoms with E-state index in [1.807, 2.05) is 4.90 Å². The van der Waals surface area contributed by atoms with Crippen LogP contribution in [0, 0.1) is 5.82 Å². The topological polar surface area (TPSA) is 124 Å². The Morgan fingerprint density at radius 1 is 1.10 bits per heavy atom. The molecule has 282 valence electrons. The number of fused-ring (bicyclic) bond motifs is 3. The lowest BCUT2D eigenvalue weighted by atomic mass is 9.94. The molecule has 8 rings (SSSR count). The van der Waals surface area contributed by atoms with Gasteiger partial charge < -0.3 is 29.7 Å². The monoisotopic (exact) mass is 754 g/mol. The number of nitrogens with zero attached hydrogens (tertiary/aromatic N) is 7. The highest BCUT2D eigenvalue weighted by Crippen LogP contribution is 2.43. The molecule has 0 saturated carbocycles. The maximum Gasteiger partial charge on any atom is 0.416 e. The molecule has 0 radical (unpaired) electrons. The first-order chi connectivity index (χ1) is 24.9. The molecule has 52 heavy (non-hydrogen) atoms. The van der Waals surface area contributed by atoms with Gasteiger partial charge in [-0.2, -0.15) is 28.2 Å². The lowest BCUT2D eigenvalue weighted by Crippen LogP contribution is -2.41. The average Bonchev–Trinajstić information content (AvgIpc) is 3.75. The third-order valence-electron chi connectivity index (χ3n) is 10.3. The van der Waals surface area contributed by atoms with E-state index in [0.29, 0.717) is 81.2 Å². The number of morpholine rings is 1. The Balaban J connectivity index is 0.000000404. The Morgan fingerprint density at radius 2 is 1.88 bits per heavy atom. The molecule has 2 N–H and O–H groups in total. The lowest BCUT2D eigenvalue weighted by Gasteiger charge is -2.31. The van der Waals surface area contributed by atoms with Gasteiger partial charge in [0, 0.05) is 56.3 Å².